The van der Waals surface area contributed by atoms with E-state index in [9.17, 15) is 22.0 Å². The molecule has 0 bridgehead atoms. The predicted molar refractivity (Wildman–Crippen MR) is 107 cm³/mol. The number of halogens is 2. The van der Waals surface area contributed by atoms with Crippen molar-refractivity contribution in [1.82, 2.24) is 9.62 Å². The van der Waals surface area contributed by atoms with E-state index in [-0.39, 0.29) is 29.5 Å². The largest absolute Gasteiger partial charge is 0.337 e. The Balaban J connectivity index is 1.66. The van der Waals surface area contributed by atoms with Crippen LogP contribution in [-0.2, 0) is 23.1 Å². The van der Waals surface area contributed by atoms with Gasteiger partial charge in [0, 0.05) is 30.6 Å². The minimum Gasteiger partial charge on any atom is -0.337 e. The van der Waals surface area contributed by atoms with Gasteiger partial charge in [-0.25, -0.2) is 21.9 Å². The molecule has 0 atom stereocenters. The number of rotatable bonds is 7. The second kappa shape index (κ2) is 8.81. The second-order valence-corrected chi connectivity index (χ2v) is 9.14. The molecule has 5 nitrogen and oxygen atoms in total. The summed E-state index contributed by atoms with van der Waals surface area (Å²) in [6.07, 6.45) is 0. The van der Waals surface area contributed by atoms with Crippen LogP contribution in [0.15, 0.2) is 64.9 Å². The average molecular weight is 437 g/mol. The molecule has 1 aromatic heterocycles. The normalized spacial score (nSPS) is 11.4. The first-order valence-electron chi connectivity index (χ1n) is 8.58. The number of thiophene rings is 1. The Morgan fingerprint density at radius 3 is 2.41 bits per heavy atom. The molecule has 0 aliphatic rings. The average Bonchev–Trinajstić information content (AvgIpc) is 3.22. The zero-order chi connectivity index (χ0) is 21.0. The molecule has 0 unspecified atom stereocenters. The number of sulfonamides is 1. The summed E-state index contributed by atoms with van der Waals surface area (Å²) in [5.74, 6) is -2.30. The van der Waals surface area contributed by atoms with E-state index in [0.29, 0.717) is 5.56 Å². The summed E-state index contributed by atoms with van der Waals surface area (Å²) in [4.78, 5) is 14.8. The molecule has 3 rings (SSSR count). The van der Waals surface area contributed by atoms with E-state index in [4.69, 9.17) is 0 Å². The van der Waals surface area contributed by atoms with Gasteiger partial charge in [-0.2, -0.15) is 0 Å². The second-order valence-electron chi connectivity index (χ2n) is 6.34. The van der Waals surface area contributed by atoms with Crippen LogP contribution in [0.3, 0.4) is 0 Å². The van der Waals surface area contributed by atoms with Crippen molar-refractivity contribution in [1.29, 1.82) is 0 Å². The zero-order valence-corrected chi connectivity index (χ0v) is 17.1. The van der Waals surface area contributed by atoms with Crippen LogP contribution in [0.1, 0.15) is 20.8 Å². The number of benzene rings is 2. The topological polar surface area (TPSA) is 66.5 Å². The maximum absolute atomic E-state index is 13.3. The molecule has 0 saturated carbocycles. The molecule has 2 aromatic carbocycles. The minimum absolute atomic E-state index is 0.0499. The van der Waals surface area contributed by atoms with Gasteiger partial charge in [0.15, 0.2) is 11.6 Å². The van der Waals surface area contributed by atoms with Crippen molar-refractivity contribution < 1.29 is 22.0 Å². The van der Waals surface area contributed by atoms with E-state index in [0.717, 1.165) is 17.0 Å². The lowest BCUT2D eigenvalue weighted by molar-refractivity contribution is 0.0785. The Morgan fingerprint density at radius 1 is 1.07 bits per heavy atom. The third kappa shape index (κ3) is 5.26. The highest BCUT2D eigenvalue weighted by molar-refractivity contribution is 7.89. The lowest BCUT2D eigenvalue weighted by atomic mass is 10.1. The summed E-state index contributed by atoms with van der Waals surface area (Å²) >= 11 is 1.45. The number of hydrogen-bond donors (Lipinski definition) is 1. The van der Waals surface area contributed by atoms with Crippen molar-refractivity contribution in [3.63, 3.8) is 0 Å². The van der Waals surface area contributed by atoms with Crippen molar-refractivity contribution in [3.05, 3.63) is 87.6 Å². The number of carbonyl (C=O) groups is 1. The number of hydrogen-bond acceptors (Lipinski definition) is 4. The number of carbonyl (C=O) groups excluding carboxylic acids is 1. The van der Waals surface area contributed by atoms with Crippen LogP contribution in [0.25, 0.3) is 0 Å². The van der Waals surface area contributed by atoms with Crippen molar-refractivity contribution in [2.75, 3.05) is 7.05 Å². The first-order valence-corrected chi connectivity index (χ1v) is 10.9. The van der Waals surface area contributed by atoms with Gasteiger partial charge in [0.05, 0.1) is 4.90 Å². The Kier molecular flexibility index (Phi) is 6.41. The third-order valence-electron chi connectivity index (χ3n) is 4.18. The van der Waals surface area contributed by atoms with Gasteiger partial charge in [0.2, 0.25) is 10.0 Å². The highest BCUT2D eigenvalue weighted by Gasteiger charge is 2.17. The SMILES string of the molecule is CN(Cc1ccc(F)c(F)c1)C(=O)c1ccc(S(=O)(=O)NCc2cccs2)cc1. The van der Waals surface area contributed by atoms with Gasteiger partial charge in [-0.3, -0.25) is 4.79 Å². The maximum Gasteiger partial charge on any atom is 0.253 e. The molecule has 1 heterocycles. The van der Waals surface area contributed by atoms with Gasteiger partial charge < -0.3 is 4.90 Å². The van der Waals surface area contributed by atoms with Crippen molar-refractivity contribution in [2.45, 2.75) is 18.0 Å². The van der Waals surface area contributed by atoms with E-state index in [2.05, 4.69) is 4.72 Å². The van der Waals surface area contributed by atoms with Gasteiger partial charge in [0.1, 0.15) is 0 Å². The molecule has 3 aromatic rings. The molecule has 0 aliphatic carbocycles. The van der Waals surface area contributed by atoms with Crippen molar-refractivity contribution in [3.8, 4) is 0 Å². The third-order valence-corrected chi connectivity index (χ3v) is 6.47. The quantitative estimate of drug-likeness (QED) is 0.613. The van der Waals surface area contributed by atoms with Gasteiger partial charge in [0.25, 0.3) is 5.91 Å². The summed E-state index contributed by atoms with van der Waals surface area (Å²) in [5.41, 5.74) is 0.726. The standard InChI is InChI=1S/C20H18F2N2O3S2/c1-24(13-14-4-9-18(21)19(22)11-14)20(25)15-5-7-17(8-6-15)29(26,27)23-12-16-3-2-10-28-16/h2-11,23H,12-13H2,1H3. The Morgan fingerprint density at radius 2 is 1.79 bits per heavy atom. The van der Waals surface area contributed by atoms with Gasteiger partial charge in [-0.15, -0.1) is 11.3 Å². The van der Waals surface area contributed by atoms with Crippen LogP contribution in [0.2, 0.25) is 0 Å². The zero-order valence-electron chi connectivity index (χ0n) is 15.4. The van der Waals surface area contributed by atoms with Gasteiger partial charge in [-0.05, 0) is 53.4 Å². The van der Waals surface area contributed by atoms with Crippen LogP contribution in [-0.4, -0.2) is 26.3 Å². The lowest BCUT2D eigenvalue weighted by Crippen LogP contribution is -2.26. The summed E-state index contributed by atoms with van der Waals surface area (Å²) in [6.45, 7) is 0.274. The molecule has 0 radical (unpaired) electrons. The fourth-order valence-corrected chi connectivity index (χ4v) is 4.39. The molecule has 152 valence electrons. The van der Waals surface area contributed by atoms with Crippen LogP contribution in [0.5, 0.6) is 0 Å². The van der Waals surface area contributed by atoms with Gasteiger partial charge in [-0.1, -0.05) is 12.1 Å². The molecule has 9 heteroatoms. The number of amides is 1. The predicted octanol–water partition coefficient (Wildman–Crippen LogP) is 3.78. The molecule has 0 saturated heterocycles. The van der Waals surface area contributed by atoms with E-state index in [1.165, 1.54) is 53.6 Å². The summed E-state index contributed by atoms with van der Waals surface area (Å²) in [7, 11) is -2.18. The molecule has 1 amide bonds. The molecular weight excluding hydrogens is 418 g/mol. The molecule has 0 spiro atoms. The fourth-order valence-electron chi connectivity index (χ4n) is 2.64. The molecule has 0 fully saturated rings. The first kappa shape index (κ1) is 21.1. The highest BCUT2D eigenvalue weighted by Crippen LogP contribution is 2.16. The first-order chi connectivity index (χ1) is 13.8. The Bertz CT molecular complexity index is 1100. The molecule has 1 N–H and O–H groups in total. The lowest BCUT2D eigenvalue weighted by Gasteiger charge is -2.17. The molecule has 0 aliphatic heterocycles. The monoisotopic (exact) mass is 436 g/mol. The summed E-state index contributed by atoms with van der Waals surface area (Å²) in [5, 5.41) is 1.86. The number of nitrogens with one attached hydrogen (secondary N) is 1. The van der Waals surface area contributed by atoms with Gasteiger partial charge >= 0.3 is 0 Å². The van der Waals surface area contributed by atoms with Crippen LogP contribution in [0.4, 0.5) is 8.78 Å². The highest BCUT2D eigenvalue weighted by atomic mass is 32.2. The Labute approximate surface area is 171 Å². The summed E-state index contributed by atoms with van der Waals surface area (Å²) in [6, 6.07) is 12.7. The van der Waals surface area contributed by atoms with Crippen LogP contribution >= 0.6 is 11.3 Å². The Hall–Kier alpha value is -2.62. The smallest absolute Gasteiger partial charge is 0.253 e. The molecular formula is C20H18F2N2O3S2. The van der Waals surface area contributed by atoms with E-state index < -0.39 is 21.7 Å². The fraction of sp³-hybridized carbons (Fsp3) is 0.150. The van der Waals surface area contributed by atoms with Crippen LogP contribution < -0.4 is 4.72 Å². The van der Waals surface area contributed by atoms with Crippen LogP contribution in [0, 0.1) is 11.6 Å². The van der Waals surface area contributed by atoms with Crippen molar-refractivity contribution in [2.24, 2.45) is 0 Å². The minimum atomic E-state index is -3.70. The molecule has 29 heavy (non-hydrogen) atoms. The van der Waals surface area contributed by atoms with E-state index in [1.54, 1.807) is 0 Å². The maximum atomic E-state index is 13.3. The summed E-state index contributed by atoms with van der Waals surface area (Å²) < 4.78 is 53.6. The number of nitrogens with zero attached hydrogens (tertiary/aromatic N) is 1. The van der Waals surface area contributed by atoms with E-state index in [1.807, 2.05) is 17.5 Å². The van der Waals surface area contributed by atoms with Crippen molar-refractivity contribution >= 4 is 27.3 Å². The van der Waals surface area contributed by atoms with E-state index >= 15 is 0 Å².